The maximum absolute atomic E-state index is 13.1. The molecule has 0 saturated carbocycles. The highest BCUT2D eigenvalue weighted by atomic mass is 32.2. The van der Waals surface area contributed by atoms with Crippen molar-refractivity contribution < 1.29 is 13.2 Å². The number of likely N-dealkylation sites (N-methyl/N-ethyl adjacent to an activating group) is 1. The fourth-order valence-corrected chi connectivity index (χ4v) is 4.80. The second kappa shape index (κ2) is 10.4. The Morgan fingerprint density at radius 3 is 2.67 bits per heavy atom. The molecule has 27 heavy (non-hydrogen) atoms. The van der Waals surface area contributed by atoms with Gasteiger partial charge in [0.25, 0.3) is 0 Å². The van der Waals surface area contributed by atoms with Crippen molar-refractivity contribution in [3.63, 3.8) is 0 Å². The van der Waals surface area contributed by atoms with Crippen molar-refractivity contribution in [3.05, 3.63) is 18.3 Å². The maximum atomic E-state index is 13.1. The van der Waals surface area contributed by atoms with Gasteiger partial charge in [0.1, 0.15) is 10.7 Å². The summed E-state index contributed by atoms with van der Waals surface area (Å²) in [5.74, 6) is 1.05. The van der Waals surface area contributed by atoms with E-state index in [4.69, 9.17) is 4.74 Å². The molecular weight excluding hydrogens is 364 g/mol. The van der Waals surface area contributed by atoms with Crippen LogP contribution in [0.15, 0.2) is 23.2 Å². The van der Waals surface area contributed by atoms with E-state index < -0.39 is 10.0 Å². The van der Waals surface area contributed by atoms with Crippen molar-refractivity contribution in [1.82, 2.24) is 14.2 Å². The fraction of sp³-hybridized carbons (Fsp3) is 0.737. The van der Waals surface area contributed by atoms with Gasteiger partial charge >= 0.3 is 0 Å². The van der Waals surface area contributed by atoms with Gasteiger partial charge in [-0.1, -0.05) is 20.3 Å². The summed E-state index contributed by atoms with van der Waals surface area (Å²) >= 11 is 0. The van der Waals surface area contributed by atoms with Crippen molar-refractivity contribution in [1.29, 1.82) is 0 Å². The molecule has 0 radical (unpaired) electrons. The molecule has 1 fully saturated rings. The molecule has 1 aromatic heterocycles. The first kappa shape index (κ1) is 22.1. The molecule has 7 nitrogen and oxygen atoms in total. The lowest BCUT2D eigenvalue weighted by Crippen LogP contribution is -2.36. The normalized spacial score (nSPS) is 21.0. The summed E-state index contributed by atoms with van der Waals surface area (Å²) in [6, 6.07) is 3.67. The minimum Gasteiger partial charge on any atom is -0.385 e. The zero-order chi connectivity index (χ0) is 19.9. The van der Waals surface area contributed by atoms with Crippen LogP contribution in [0.2, 0.25) is 0 Å². The summed E-state index contributed by atoms with van der Waals surface area (Å²) in [5, 5.41) is 3.35. The summed E-state index contributed by atoms with van der Waals surface area (Å²) < 4.78 is 32.9. The van der Waals surface area contributed by atoms with Crippen molar-refractivity contribution in [2.75, 3.05) is 52.3 Å². The van der Waals surface area contributed by atoms with Gasteiger partial charge in [-0.05, 0) is 37.9 Å². The largest absolute Gasteiger partial charge is 0.385 e. The monoisotopic (exact) mass is 398 g/mol. The lowest BCUT2D eigenvalue weighted by atomic mass is 10.1. The first-order chi connectivity index (χ1) is 12.9. The van der Waals surface area contributed by atoms with Crippen molar-refractivity contribution in [3.8, 4) is 0 Å². The third-order valence-corrected chi connectivity index (χ3v) is 7.08. The lowest BCUT2D eigenvalue weighted by molar-refractivity contribution is 0.189. The molecule has 154 valence electrons. The van der Waals surface area contributed by atoms with Crippen molar-refractivity contribution in [2.45, 2.75) is 44.0 Å². The zero-order valence-corrected chi connectivity index (χ0v) is 17.8. The molecule has 2 heterocycles. The number of anilines is 1. The number of nitrogens with zero attached hydrogens (tertiary/aromatic N) is 3. The average Bonchev–Trinajstić information content (AvgIpc) is 2.87. The van der Waals surface area contributed by atoms with Gasteiger partial charge in [-0.25, -0.2) is 13.4 Å². The predicted octanol–water partition coefficient (Wildman–Crippen LogP) is 2.27. The SMILES string of the molecule is CCC1CN(C)CCN(S(=O)(=O)c2ccc(NC(CC)CCOC)nc2)C1. The molecule has 0 spiro atoms. The van der Waals surface area contributed by atoms with Crippen molar-refractivity contribution in [2.24, 2.45) is 5.92 Å². The summed E-state index contributed by atoms with van der Waals surface area (Å²) in [4.78, 5) is 6.81. The van der Waals surface area contributed by atoms with Gasteiger partial charge in [-0.3, -0.25) is 0 Å². The number of nitrogens with one attached hydrogen (secondary N) is 1. The molecule has 8 heteroatoms. The quantitative estimate of drug-likeness (QED) is 0.688. The molecule has 1 saturated heterocycles. The summed E-state index contributed by atoms with van der Waals surface area (Å²) in [5.41, 5.74) is 0. The van der Waals surface area contributed by atoms with Crippen LogP contribution >= 0.6 is 0 Å². The number of sulfonamides is 1. The molecule has 0 bridgehead atoms. The molecule has 2 atom stereocenters. The van der Waals surface area contributed by atoms with E-state index >= 15 is 0 Å². The Morgan fingerprint density at radius 1 is 1.30 bits per heavy atom. The Labute approximate surface area is 164 Å². The Morgan fingerprint density at radius 2 is 2.07 bits per heavy atom. The molecule has 1 N–H and O–H groups in total. The molecule has 1 aromatic rings. The lowest BCUT2D eigenvalue weighted by Gasteiger charge is -2.23. The van der Waals surface area contributed by atoms with Crippen LogP contribution in [0.4, 0.5) is 5.82 Å². The second-order valence-electron chi connectivity index (χ2n) is 7.31. The van der Waals surface area contributed by atoms with Gasteiger partial charge in [-0.2, -0.15) is 4.31 Å². The maximum Gasteiger partial charge on any atom is 0.244 e. The highest BCUT2D eigenvalue weighted by molar-refractivity contribution is 7.89. The molecule has 0 aromatic carbocycles. The third kappa shape index (κ3) is 6.14. The Balaban J connectivity index is 2.10. The summed E-state index contributed by atoms with van der Waals surface area (Å²) in [7, 11) is 0.219. The van der Waals surface area contributed by atoms with E-state index in [1.54, 1.807) is 23.5 Å². The molecular formula is C19H34N4O3S. The van der Waals surface area contributed by atoms with Crippen molar-refractivity contribution >= 4 is 15.8 Å². The number of hydrogen-bond acceptors (Lipinski definition) is 6. The van der Waals surface area contributed by atoms with Gasteiger partial charge < -0.3 is 15.0 Å². The van der Waals surface area contributed by atoms with E-state index in [0.717, 1.165) is 32.4 Å². The number of methoxy groups -OCH3 is 1. The van der Waals surface area contributed by atoms with E-state index in [2.05, 4.69) is 36.1 Å². The van der Waals surface area contributed by atoms with Crippen LogP contribution in [0.25, 0.3) is 0 Å². The predicted molar refractivity (Wildman–Crippen MR) is 108 cm³/mol. The molecule has 0 aliphatic carbocycles. The zero-order valence-electron chi connectivity index (χ0n) is 17.0. The average molecular weight is 399 g/mol. The second-order valence-corrected chi connectivity index (χ2v) is 9.25. The smallest absolute Gasteiger partial charge is 0.244 e. The van der Waals surface area contributed by atoms with Crippen LogP contribution in [0, 0.1) is 5.92 Å². The number of pyridine rings is 1. The van der Waals surface area contributed by atoms with E-state index in [1.807, 2.05) is 0 Å². The van der Waals surface area contributed by atoms with Crippen LogP contribution in [-0.2, 0) is 14.8 Å². The number of hydrogen-bond donors (Lipinski definition) is 1. The van der Waals surface area contributed by atoms with E-state index in [9.17, 15) is 8.42 Å². The van der Waals surface area contributed by atoms with Gasteiger partial charge in [0.05, 0.1) is 0 Å². The molecule has 2 rings (SSSR count). The van der Waals surface area contributed by atoms with Crippen LogP contribution in [0.5, 0.6) is 0 Å². The fourth-order valence-electron chi connectivity index (χ4n) is 3.34. The topological polar surface area (TPSA) is 74.8 Å². The van der Waals surface area contributed by atoms with E-state index in [1.165, 1.54) is 6.20 Å². The highest BCUT2D eigenvalue weighted by Crippen LogP contribution is 2.21. The Kier molecular flexibility index (Phi) is 8.47. The van der Waals surface area contributed by atoms with Gasteiger partial charge in [0.2, 0.25) is 10.0 Å². The summed E-state index contributed by atoms with van der Waals surface area (Å²) in [6.07, 6.45) is 4.27. The highest BCUT2D eigenvalue weighted by Gasteiger charge is 2.30. The van der Waals surface area contributed by atoms with Crippen LogP contribution in [0.3, 0.4) is 0 Å². The summed E-state index contributed by atoms with van der Waals surface area (Å²) in [6.45, 7) is 7.67. The van der Waals surface area contributed by atoms with Gasteiger partial charge in [0.15, 0.2) is 0 Å². The molecule has 0 amide bonds. The first-order valence-corrected chi connectivity index (χ1v) is 11.2. The minimum absolute atomic E-state index is 0.256. The van der Waals surface area contributed by atoms with Gasteiger partial charge in [0, 0.05) is 52.1 Å². The number of aromatic nitrogens is 1. The Hall–Kier alpha value is -1.22. The molecule has 1 aliphatic heterocycles. The van der Waals surface area contributed by atoms with Crippen LogP contribution in [0.1, 0.15) is 33.1 Å². The standard InChI is InChI=1S/C19H34N4O3S/c1-5-16-14-22(3)10-11-23(15-16)27(24,25)18-7-8-19(20-13-18)21-17(6-2)9-12-26-4/h7-8,13,16-17H,5-6,9-12,14-15H2,1-4H3,(H,20,21). The first-order valence-electron chi connectivity index (χ1n) is 9.80. The van der Waals surface area contributed by atoms with E-state index in [-0.39, 0.29) is 10.9 Å². The molecule has 1 aliphatic rings. The number of ether oxygens (including phenoxy) is 1. The Bertz CT molecular complexity index is 666. The third-order valence-electron chi connectivity index (χ3n) is 5.23. The van der Waals surface area contributed by atoms with Crippen LogP contribution < -0.4 is 5.32 Å². The number of rotatable bonds is 9. The van der Waals surface area contributed by atoms with E-state index in [0.29, 0.717) is 31.4 Å². The van der Waals surface area contributed by atoms with Gasteiger partial charge in [-0.15, -0.1) is 0 Å². The molecule has 2 unspecified atom stereocenters. The van der Waals surface area contributed by atoms with Crippen LogP contribution in [-0.4, -0.2) is 75.6 Å². The minimum atomic E-state index is -3.52.